The number of carbonyl (C=O) groups is 1. The number of benzene rings is 1. The highest BCUT2D eigenvalue weighted by Gasteiger charge is 2.76. The fourth-order valence-corrected chi connectivity index (χ4v) is 4.48. The SMILES string of the molecule is CCOC(=O)[C@@]1(C#N)[C@H](c2ccc(F)cc2)[C@@H]1S(C)(=O)=O. The largest absolute Gasteiger partial charge is 0.465 e. The minimum atomic E-state index is -3.64. The van der Waals surface area contributed by atoms with Crippen molar-refractivity contribution < 1.29 is 22.3 Å². The monoisotopic (exact) mass is 311 g/mol. The normalized spacial score (nSPS) is 27.7. The van der Waals surface area contributed by atoms with Crippen molar-refractivity contribution in [3.05, 3.63) is 35.6 Å². The number of carbonyl (C=O) groups excluding carboxylic acids is 1. The van der Waals surface area contributed by atoms with E-state index < -0.39 is 38.2 Å². The lowest BCUT2D eigenvalue weighted by molar-refractivity contribution is -0.147. The molecule has 21 heavy (non-hydrogen) atoms. The number of hydrogen-bond acceptors (Lipinski definition) is 5. The summed E-state index contributed by atoms with van der Waals surface area (Å²) in [6.45, 7) is 1.63. The number of esters is 1. The molecule has 1 aromatic rings. The van der Waals surface area contributed by atoms with Gasteiger partial charge in [-0.3, -0.25) is 4.79 Å². The van der Waals surface area contributed by atoms with Gasteiger partial charge in [0.2, 0.25) is 0 Å². The van der Waals surface area contributed by atoms with Crippen molar-refractivity contribution in [2.75, 3.05) is 12.9 Å². The summed E-state index contributed by atoms with van der Waals surface area (Å²) in [7, 11) is -3.64. The number of hydrogen-bond donors (Lipinski definition) is 0. The molecule has 0 saturated heterocycles. The number of ether oxygens (including phenoxy) is 1. The summed E-state index contributed by atoms with van der Waals surface area (Å²) in [5, 5.41) is 8.22. The molecule has 0 N–H and O–H groups in total. The van der Waals surface area contributed by atoms with Gasteiger partial charge in [0.15, 0.2) is 15.3 Å². The van der Waals surface area contributed by atoms with Crippen molar-refractivity contribution >= 4 is 15.8 Å². The molecule has 0 amide bonds. The Hall–Kier alpha value is -1.94. The van der Waals surface area contributed by atoms with E-state index in [1.165, 1.54) is 24.3 Å². The molecule has 1 fully saturated rings. The molecule has 3 atom stereocenters. The minimum absolute atomic E-state index is 0.0505. The highest BCUT2D eigenvalue weighted by atomic mass is 32.2. The van der Waals surface area contributed by atoms with Crippen LogP contribution in [0.4, 0.5) is 4.39 Å². The van der Waals surface area contributed by atoms with Crippen LogP contribution in [0.5, 0.6) is 0 Å². The van der Waals surface area contributed by atoms with Crippen molar-refractivity contribution in [3.63, 3.8) is 0 Å². The highest BCUT2D eigenvalue weighted by molar-refractivity contribution is 7.91. The molecule has 0 radical (unpaired) electrons. The van der Waals surface area contributed by atoms with Gasteiger partial charge in [0.05, 0.1) is 12.7 Å². The van der Waals surface area contributed by atoms with Crippen molar-refractivity contribution in [1.82, 2.24) is 0 Å². The van der Waals surface area contributed by atoms with Crippen LogP contribution < -0.4 is 0 Å². The highest BCUT2D eigenvalue weighted by Crippen LogP contribution is 2.63. The van der Waals surface area contributed by atoms with Gasteiger partial charge < -0.3 is 4.74 Å². The molecular formula is C14H14FNO4S. The van der Waals surface area contributed by atoms with Crippen LogP contribution in [0.1, 0.15) is 18.4 Å². The van der Waals surface area contributed by atoms with Crippen molar-refractivity contribution in [2.24, 2.45) is 5.41 Å². The van der Waals surface area contributed by atoms with Crippen molar-refractivity contribution in [2.45, 2.75) is 18.1 Å². The van der Waals surface area contributed by atoms with Gasteiger partial charge >= 0.3 is 5.97 Å². The third kappa shape index (κ3) is 2.40. The van der Waals surface area contributed by atoms with Gasteiger partial charge in [-0.15, -0.1) is 0 Å². The molecule has 1 aliphatic rings. The summed E-state index contributed by atoms with van der Waals surface area (Å²) >= 11 is 0. The number of halogens is 1. The van der Waals surface area contributed by atoms with Crippen LogP contribution in [0, 0.1) is 22.6 Å². The van der Waals surface area contributed by atoms with E-state index in [2.05, 4.69) is 0 Å². The minimum Gasteiger partial charge on any atom is -0.465 e. The predicted molar refractivity (Wildman–Crippen MR) is 72.5 cm³/mol. The van der Waals surface area contributed by atoms with Crippen molar-refractivity contribution in [1.29, 1.82) is 5.26 Å². The van der Waals surface area contributed by atoms with Crippen LogP contribution in [0.25, 0.3) is 0 Å². The maximum Gasteiger partial charge on any atom is 0.328 e. The van der Waals surface area contributed by atoms with Gasteiger partial charge in [0.25, 0.3) is 0 Å². The van der Waals surface area contributed by atoms with E-state index in [9.17, 15) is 22.9 Å². The Morgan fingerprint density at radius 2 is 2.00 bits per heavy atom. The summed E-state index contributed by atoms with van der Waals surface area (Å²) in [6, 6.07) is 6.91. The third-order valence-electron chi connectivity index (χ3n) is 3.62. The smallest absolute Gasteiger partial charge is 0.328 e. The molecule has 0 heterocycles. The Balaban J connectivity index is 2.50. The van der Waals surface area contributed by atoms with Gasteiger partial charge in [0, 0.05) is 12.2 Å². The molecule has 0 spiro atoms. The van der Waals surface area contributed by atoms with Crippen molar-refractivity contribution in [3.8, 4) is 6.07 Å². The maximum atomic E-state index is 13.0. The molecule has 5 nitrogen and oxygen atoms in total. The van der Waals surface area contributed by atoms with Crippen LogP contribution >= 0.6 is 0 Å². The van der Waals surface area contributed by atoms with Gasteiger partial charge in [-0.25, -0.2) is 12.8 Å². The van der Waals surface area contributed by atoms with Gasteiger partial charge in [-0.05, 0) is 24.6 Å². The molecule has 1 aliphatic carbocycles. The molecule has 0 aromatic heterocycles. The average Bonchev–Trinajstić information content (AvgIpc) is 3.10. The lowest BCUT2D eigenvalue weighted by Gasteiger charge is -2.07. The first-order valence-corrected chi connectivity index (χ1v) is 8.27. The fraction of sp³-hybridized carbons (Fsp3) is 0.429. The van der Waals surface area contributed by atoms with E-state index in [4.69, 9.17) is 4.74 Å². The summed E-state index contributed by atoms with van der Waals surface area (Å²) in [4.78, 5) is 12.1. The number of nitrogens with zero attached hydrogens (tertiary/aromatic N) is 1. The molecule has 2 rings (SSSR count). The topological polar surface area (TPSA) is 84.2 Å². The predicted octanol–water partition coefficient (Wildman–Crippen LogP) is 1.41. The number of rotatable bonds is 4. The second-order valence-corrected chi connectivity index (χ2v) is 7.15. The molecule has 0 bridgehead atoms. The summed E-state index contributed by atoms with van der Waals surface area (Å²) in [5.41, 5.74) is -1.32. The molecule has 7 heteroatoms. The molecule has 1 saturated carbocycles. The second kappa shape index (κ2) is 5.11. The van der Waals surface area contributed by atoms with Crippen LogP contribution in [-0.4, -0.2) is 32.5 Å². The average molecular weight is 311 g/mol. The molecule has 0 aliphatic heterocycles. The van der Waals surface area contributed by atoms with Gasteiger partial charge in [0.1, 0.15) is 11.1 Å². The van der Waals surface area contributed by atoms with Crippen LogP contribution in [0.2, 0.25) is 0 Å². The zero-order chi connectivity index (χ0) is 15.8. The lowest BCUT2D eigenvalue weighted by atomic mass is 10.0. The van der Waals surface area contributed by atoms with E-state index in [0.717, 1.165) is 6.26 Å². The summed E-state index contributed by atoms with van der Waals surface area (Å²) < 4.78 is 41.6. The molecule has 1 aromatic carbocycles. The van der Waals surface area contributed by atoms with Crippen LogP contribution in [0.3, 0.4) is 0 Å². The summed E-state index contributed by atoms with van der Waals surface area (Å²) in [5.74, 6) is -2.16. The fourth-order valence-electron chi connectivity index (χ4n) is 2.72. The Bertz CT molecular complexity index is 707. The van der Waals surface area contributed by atoms with E-state index >= 15 is 0 Å². The molecular weight excluding hydrogens is 297 g/mol. The first-order valence-electron chi connectivity index (χ1n) is 6.31. The first-order chi connectivity index (χ1) is 9.79. The van der Waals surface area contributed by atoms with Gasteiger partial charge in [-0.2, -0.15) is 5.26 Å². The molecule has 0 unspecified atom stereocenters. The van der Waals surface area contributed by atoms with E-state index in [0.29, 0.717) is 5.56 Å². The molecule has 112 valence electrons. The standard InChI is InChI=1S/C14H14FNO4S/c1-3-20-13(17)14(8-16)11(12(14)21(2,18)19)9-4-6-10(15)7-5-9/h4-7,11-12H,3H2,1-2H3/t11-,12+,14+/m1/s1. The van der Waals surface area contributed by atoms with Gasteiger partial charge in [-0.1, -0.05) is 12.1 Å². The maximum absolute atomic E-state index is 13.0. The quantitative estimate of drug-likeness (QED) is 0.785. The van der Waals surface area contributed by atoms with E-state index in [1.54, 1.807) is 6.92 Å². The van der Waals surface area contributed by atoms with E-state index in [-0.39, 0.29) is 6.61 Å². The van der Waals surface area contributed by atoms with Crippen LogP contribution in [-0.2, 0) is 19.4 Å². The van der Waals surface area contributed by atoms with E-state index in [1.807, 2.05) is 6.07 Å². The Morgan fingerprint density at radius 1 is 1.43 bits per heavy atom. The summed E-state index contributed by atoms with van der Waals surface area (Å²) in [6.07, 6.45) is 0.979. The van der Waals surface area contributed by atoms with Crippen LogP contribution in [0.15, 0.2) is 24.3 Å². The Kier molecular flexibility index (Phi) is 3.76. The zero-order valence-electron chi connectivity index (χ0n) is 11.5. The Labute approximate surface area is 122 Å². The Morgan fingerprint density at radius 3 is 2.43 bits per heavy atom. The second-order valence-electron chi connectivity index (χ2n) is 4.98. The zero-order valence-corrected chi connectivity index (χ0v) is 12.4. The first kappa shape index (κ1) is 15.4. The third-order valence-corrected chi connectivity index (χ3v) is 5.19. The number of sulfone groups is 1. The lowest BCUT2D eigenvalue weighted by Crippen LogP contribution is -2.24. The number of nitriles is 1.